The van der Waals surface area contributed by atoms with Crippen LogP contribution in [-0.2, 0) is 35.5 Å². The molecule has 12 nitrogen and oxygen atoms in total. The SMILES string of the molecule is CCC(C)(CC(=O)OC(OC(=O)Cc1ccc(OP(=O)(O)O)cc1)C(C)C)c1ccc(N(CC(C)C)CC(C)C)c(NC(=O)Nc2ccc(C)cc2)c1. The zero-order valence-corrected chi connectivity index (χ0v) is 33.2. The van der Waals surface area contributed by atoms with Gasteiger partial charge in [-0.15, -0.1) is 0 Å². The number of anilines is 3. The van der Waals surface area contributed by atoms with Gasteiger partial charge in [0.2, 0.25) is 6.29 Å². The molecule has 0 spiro atoms. The number of amides is 2. The smallest absolute Gasteiger partial charge is 0.425 e. The van der Waals surface area contributed by atoms with Crippen LogP contribution in [0.3, 0.4) is 0 Å². The molecule has 2 unspecified atom stereocenters. The maximum Gasteiger partial charge on any atom is 0.524 e. The lowest BCUT2D eigenvalue weighted by Crippen LogP contribution is -2.34. The van der Waals surface area contributed by atoms with E-state index in [9.17, 15) is 18.9 Å². The zero-order valence-electron chi connectivity index (χ0n) is 32.3. The molecular weight excluding hydrogens is 697 g/mol. The molecule has 3 aromatic rings. The fourth-order valence-electron chi connectivity index (χ4n) is 5.72. The summed E-state index contributed by atoms with van der Waals surface area (Å²) in [6, 6.07) is 18.8. The molecule has 0 saturated carbocycles. The van der Waals surface area contributed by atoms with E-state index < -0.39 is 31.5 Å². The summed E-state index contributed by atoms with van der Waals surface area (Å²) in [5.74, 6) is -0.827. The topological polar surface area (TPSA) is 164 Å². The molecule has 4 N–H and O–H groups in total. The Morgan fingerprint density at radius 1 is 0.830 bits per heavy atom. The summed E-state index contributed by atoms with van der Waals surface area (Å²) in [6.07, 6.45) is -0.736. The number of esters is 2. The molecule has 3 rings (SSSR count). The van der Waals surface area contributed by atoms with E-state index in [1.165, 1.54) is 24.3 Å². The van der Waals surface area contributed by atoms with Crippen LogP contribution in [-0.4, -0.2) is 47.1 Å². The molecule has 3 aromatic carbocycles. The van der Waals surface area contributed by atoms with Crippen molar-refractivity contribution in [2.24, 2.45) is 17.8 Å². The summed E-state index contributed by atoms with van der Waals surface area (Å²) in [5.41, 5.74) is 3.91. The third-order valence-electron chi connectivity index (χ3n) is 8.61. The molecule has 0 aliphatic rings. The molecule has 0 heterocycles. The molecule has 0 saturated heterocycles. The number of ether oxygens (including phenoxy) is 2. The molecule has 0 fully saturated rings. The number of hydrogen-bond donors (Lipinski definition) is 4. The van der Waals surface area contributed by atoms with Crippen LogP contribution in [0.4, 0.5) is 21.9 Å². The van der Waals surface area contributed by atoms with Crippen molar-refractivity contribution in [2.45, 2.75) is 93.3 Å². The number of nitrogens with one attached hydrogen (secondary N) is 2. The highest BCUT2D eigenvalue weighted by Gasteiger charge is 2.33. The molecule has 13 heteroatoms. The van der Waals surface area contributed by atoms with Gasteiger partial charge in [0, 0.05) is 30.1 Å². The standard InChI is InChI=1S/C40H56N3O9P/c1-10-40(9,23-37(45)51-38(28(6)7)50-36(44)21-30-13-18-33(19-14-30)52-53(47,48)49)31-15-20-35(43(24-26(2)3)25-27(4)5)34(22-31)42-39(46)41-32-16-11-29(8)12-17-32/h11-20,22,26-28,38H,10,21,23-25H2,1-9H3,(H2,41,42,46)(H2,47,48,49). The van der Waals surface area contributed by atoms with Crippen molar-refractivity contribution in [3.8, 4) is 5.75 Å². The summed E-state index contributed by atoms with van der Waals surface area (Å²) >= 11 is 0. The van der Waals surface area contributed by atoms with Crippen molar-refractivity contribution in [1.82, 2.24) is 0 Å². The van der Waals surface area contributed by atoms with E-state index >= 15 is 0 Å². The first-order chi connectivity index (χ1) is 24.8. The second-order valence-electron chi connectivity index (χ2n) is 15.0. The Morgan fingerprint density at radius 2 is 1.42 bits per heavy atom. The van der Waals surface area contributed by atoms with Crippen LogP contribution >= 0.6 is 7.82 Å². The van der Waals surface area contributed by atoms with Crippen molar-refractivity contribution in [2.75, 3.05) is 28.6 Å². The molecule has 0 aromatic heterocycles. The summed E-state index contributed by atoms with van der Waals surface area (Å²) in [4.78, 5) is 60.0. The lowest BCUT2D eigenvalue weighted by Gasteiger charge is -2.33. The van der Waals surface area contributed by atoms with Crippen LogP contribution in [0.2, 0.25) is 0 Å². The Bertz CT molecular complexity index is 1710. The van der Waals surface area contributed by atoms with E-state index in [-0.39, 0.29) is 30.5 Å². The Kier molecular flexibility index (Phi) is 15.5. The van der Waals surface area contributed by atoms with Crippen molar-refractivity contribution in [1.29, 1.82) is 0 Å². The van der Waals surface area contributed by atoms with Crippen LogP contribution in [0.25, 0.3) is 0 Å². The maximum atomic E-state index is 13.5. The molecule has 2 atom stereocenters. The lowest BCUT2D eigenvalue weighted by atomic mass is 9.77. The van der Waals surface area contributed by atoms with E-state index in [0.29, 0.717) is 35.2 Å². The van der Waals surface area contributed by atoms with Gasteiger partial charge in [-0.1, -0.05) is 91.3 Å². The molecule has 53 heavy (non-hydrogen) atoms. The average Bonchev–Trinajstić information content (AvgIpc) is 3.04. The largest absolute Gasteiger partial charge is 0.524 e. The zero-order chi connectivity index (χ0) is 39.5. The maximum absolute atomic E-state index is 13.5. The minimum Gasteiger partial charge on any atom is -0.425 e. The van der Waals surface area contributed by atoms with E-state index in [1.54, 1.807) is 13.8 Å². The van der Waals surface area contributed by atoms with E-state index in [1.807, 2.05) is 63.2 Å². The molecular formula is C40H56N3O9P. The van der Waals surface area contributed by atoms with Gasteiger partial charge >= 0.3 is 25.8 Å². The summed E-state index contributed by atoms with van der Waals surface area (Å²) in [6.45, 7) is 19.7. The van der Waals surface area contributed by atoms with E-state index in [4.69, 9.17) is 19.3 Å². The summed E-state index contributed by atoms with van der Waals surface area (Å²) in [7, 11) is -4.71. The quantitative estimate of drug-likeness (QED) is 0.0562. The van der Waals surface area contributed by atoms with Gasteiger partial charge in [0.1, 0.15) is 5.75 Å². The summed E-state index contributed by atoms with van der Waals surface area (Å²) < 4.78 is 27.0. The van der Waals surface area contributed by atoms with Crippen molar-refractivity contribution in [3.05, 3.63) is 83.4 Å². The van der Waals surface area contributed by atoms with Crippen LogP contribution in [0.1, 0.15) is 84.9 Å². The van der Waals surface area contributed by atoms with Gasteiger partial charge in [-0.3, -0.25) is 19.4 Å². The molecule has 0 aliphatic carbocycles. The fraction of sp³-hybridized carbons (Fsp3) is 0.475. The monoisotopic (exact) mass is 753 g/mol. The average molecular weight is 754 g/mol. The first-order valence-corrected chi connectivity index (χ1v) is 19.6. The van der Waals surface area contributed by atoms with Gasteiger partial charge in [-0.25, -0.2) is 9.36 Å². The second kappa shape index (κ2) is 19.1. The van der Waals surface area contributed by atoms with Gasteiger partial charge in [-0.05, 0) is 72.7 Å². The Labute approximate surface area is 313 Å². The Hall–Kier alpha value is -4.38. The molecule has 0 radical (unpaired) electrons. The number of urea groups is 1. The minimum absolute atomic E-state index is 0.0125. The van der Waals surface area contributed by atoms with E-state index in [2.05, 4.69) is 47.8 Å². The van der Waals surface area contributed by atoms with Crippen LogP contribution in [0, 0.1) is 24.7 Å². The number of benzene rings is 3. The minimum atomic E-state index is -4.71. The van der Waals surface area contributed by atoms with Crippen molar-refractivity contribution < 1.29 is 42.7 Å². The number of nitrogens with zero attached hydrogens (tertiary/aromatic N) is 1. The molecule has 290 valence electrons. The highest BCUT2D eigenvalue weighted by Crippen LogP contribution is 2.39. The number of carbonyl (C=O) groups is 3. The first-order valence-electron chi connectivity index (χ1n) is 18.0. The second-order valence-corrected chi connectivity index (χ2v) is 16.1. The Morgan fingerprint density at radius 3 is 1.94 bits per heavy atom. The predicted molar refractivity (Wildman–Crippen MR) is 208 cm³/mol. The van der Waals surface area contributed by atoms with Gasteiger partial charge in [0.25, 0.3) is 0 Å². The fourth-order valence-corrected chi connectivity index (χ4v) is 6.12. The van der Waals surface area contributed by atoms with Crippen LogP contribution < -0.4 is 20.1 Å². The predicted octanol–water partition coefficient (Wildman–Crippen LogP) is 8.60. The molecule has 2 amide bonds. The number of phosphoric ester groups is 1. The number of hydrogen-bond acceptors (Lipinski definition) is 8. The van der Waals surface area contributed by atoms with Gasteiger partial charge < -0.3 is 29.5 Å². The number of carbonyl (C=O) groups excluding carboxylic acids is 3. The third kappa shape index (κ3) is 14.2. The van der Waals surface area contributed by atoms with E-state index in [0.717, 1.165) is 29.9 Å². The highest BCUT2D eigenvalue weighted by atomic mass is 31.2. The molecule has 0 bridgehead atoms. The van der Waals surface area contributed by atoms with Gasteiger partial charge in [0.05, 0.1) is 24.2 Å². The van der Waals surface area contributed by atoms with Crippen LogP contribution in [0.5, 0.6) is 5.75 Å². The van der Waals surface area contributed by atoms with Gasteiger partial charge in [0.15, 0.2) is 0 Å². The van der Waals surface area contributed by atoms with Gasteiger partial charge in [-0.2, -0.15) is 0 Å². The number of phosphoric acid groups is 1. The molecule has 0 aliphatic heterocycles. The normalized spacial score (nSPS) is 13.3. The Balaban J connectivity index is 1.82. The first kappa shape index (κ1) is 43.0. The lowest BCUT2D eigenvalue weighted by molar-refractivity contribution is -0.196. The highest BCUT2D eigenvalue weighted by molar-refractivity contribution is 7.46. The number of aryl methyl sites for hydroxylation is 1. The number of rotatable bonds is 18. The third-order valence-corrected chi connectivity index (χ3v) is 9.06. The van der Waals surface area contributed by atoms with Crippen molar-refractivity contribution >= 4 is 42.9 Å². The van der Waals surface area contributed by atoms with Crippen LogP contribution in [0.15, 0.2) is 66.7 Å². The van der Waals surface area contributed by atoms with Crippen molar-refractivity contribution in [3.63, 3.8) is 0 Å². The summed E-state index contributed by atoms with van der Waals surface area (Å²) in [5, 5.41) is 6.01.